The minimum absolute atomic E-state index is 0.0706. The van der Waals surface area contributed by atoms with E-state index in [0.717, 1.165) is 11.0 Å². The number of benzene rings is 5. The Morgan fingerprint density at radius 3 is 1.98 bits per heavy atom. The molecular formula is C34H18F6N2O2. The molecule has 1 aliphatic heterocycles. The standard InChI is InChI=1S/C34H18F6N2O2/c35-33(36,37)20-14-15-22(26(18-20)34(38,39)40)19-13-16-28-25(17-19)23-9-4-5-11-27(23)42(28)29-12-6-10-24-30(29)32(44)41(31(24)43)21-7-2-1-3-8-21/h1-18H. The maximum absolute atomic E-state index is 14.0. The highest BCUT2D eigenvalue weighted by molar-refractivity contribution is 6.35. The fourth-order valence-electron chi connectivity index (χ4n) is 5.87. The molecule has 5 aromatic carbocycles. The number of imide groups is 1. The largest absolute Gasteiger partial charge is 0.417 e. The van der Waals surface area contributed by atoms with E-state index >= 15 is 0 Å². The zero-order valence-corrected chi connectivity index (χ0v) is 22.4. The van der Waals surface area contributed by atoms with E-state index in [1.807, 2.05) is 0 Å². The normalized spacial score (nSPS) is 13.7. The van der Waals surface area contributed by atoms with Crippen LogP contribution in [0.15, 0.2) is 109 Å². The highest BCUT2D eigenvalue weighted by Gasteiger charge is 2.40. The van der Waals surface area contributed by atoms with Crippen LogP contribution in [0.2, 0.25) is 0 Å². The van der Waals surface area contributed by atoms with Gasteiger partial charge in [0.05, 0.1) is 44.7 Å². The number of hydrogen-bond donors (Lipinski definition) is 0. The van der Waals surface area contributed by atoms with Gasteiger partial charge in [-0.1, -0.05) is 54.6 Å². The SMILES string of the molecule is O=C1c2cccc(-n3c4ccccc4c4cc(-c5ccc(C(F)(F)F)cc5C(F)(F)F)ccc43)c2C(=O)N1c1ccccc1. The van der Waals surface area contributed by atoms with E-state index in [0.29, 0.717) is 39.2 Å². The summed E-state index contributed by atoms with van der Waals surface area (Å²) in [5.41, 5.74) is -0.775. The van der Waals surface area contributed by atoms with Gasteiger partial charge in [0.2, 0.25) is 0 Å². The summed E-state index contributed by atoms with van der Waals surface area (Å²) in [6.45, 7) is 0. The number of alkyl halides is 6. The first-order chi connectivity index (χ1) is 20.9. The van der Waals surface area contributed by atoms with Crippen molar-refractivity contribution in [3.05, 3.63) is 131 Å². The van der Waals surface area contributed by atoms with Crippen molar-refractivity contribution in [1.29, 1.82) is 0 Å². The molecule has 218 valence electrons. The molecule has 0 N–H and O–H groups in total. The van der Waals surface area contributed by atoms with Crippen LogP contribution in [-0.2, 0) is 12.4 Å². The van der Waals surface area contributed by atoms with Gasteiger partial charge >= 0.3 is 12.4 Å². The first-order valence-electron chi connectivity index (χ1n) is 13.3. The van der Waals surface area contributed by atoms with Crippen LogP contribution in [0.4, 0.5) is 32.0 Å². The van der Waals surface area contributed by atoms with Crippen molar-refractivity contribution in [2.45, 2.75) is 12.4 Å². The van der Waals surface area contributed by atoms with Crippen molar-refractivity contribution in [3.63, 3.8) is 0 Å². The summed E-state index contributed by atoms with van der Waals surface area (Å²) in [5.74, 6) is -1.00. The molecule has 0 aliphatic carbocycles. The molecule has 7 rings (SSSR count). The molecule has 0 bridgehead atoms. The van der Waals surface area contributed by atoms with Crippen molar-refractivity contribution < 1.29 is 35.9 Å². The number of nitrogens with zero attached hydrogens (tertiary/aromatic N) is 2. The number of amides is 2. The molecule has 1 aromatic heterocycles. The summed E-state index contributed by atoms with van der Waals surface area (Å²) in [6, 6.07) is 26.5. The van der Waals surface area contributed by atoms with Crippen molar-refractivity contribution in [3.8, 4) is 16.8 Å². The zero-order valence-electron chi connectivity index (χ0n) is 22.4. The number of fused-ring (bicyclic) bond motifs is 4. The van der Waals surface area contributed by atoms with Crippen LogP contribution in [0.1, 0.15) is 31.8 Å². The van der Waals surface area contributed by atoms with Gasteiger partial charge in [-0.15, -0.1) is 0 Å². The monoisotopic (exact) mass is 600 g/mol. The summed E-state index contributed by atoms with van der Waals surface area (Å²) < 4.78 is 83.7. The molecule has 44 heavy (non-hydrogen) atoms. The van der Waals surface area contributed by atoms with Crippen LogP contribution in [0.3, 0.4) is 0 Å². The van der Waals surface area contributed by atoms with Crippen LogP contribution in [0.25, 0.3) is 38.6 Å². The van der Waals surface area contributed by atoms with Gasteiger partial charge in [-0.2, -0.15) is 26.3 Å². The zero-order chi connectivity index (χ0) is 31.0. The molecule has 2 amide bonds. The van der Waals surface area contributed by atoms with E-state index in [-0.39, 0.29) is 22.8 Å². The topological polar surface area (TPSA) is 42.3 Å². The Bertz CT molecular complexity index is 2150. The van der Waals surface area contributed by atoms with Crippen LogP contribution < -0.4 is 4.90 Å². The van der Waals surface area contributed by atoms with Gasteiger partial charge < -0.3 is 4.57 Å². The van der Waals surface area contributed by atoms with Crippen molar-refractivity contribution in [1.82, 2.24) is 4.57 Å². The average Bonchev–Trinajstić information content (AvgIpc) is 3.47. The van der Waals surface area contributed by atoms with E-state index in [1.54, 1.807) is 83.4 Å². The predicted molar refractivity (Wildman–Crippen MR) is 154 cm³/mol. The number of hydrogen-bond acceptors (Lipinski definition) is 2. The van der Waals surface area contributed by atoms with Crippen LogP contribution in [0.5, 0.6) is 0 Å². The molecule has 0 saturated carbocycles. The number of halogens is 6. The average molecular weight is 601 g/mol. The highest BCUT2D eigenvalue weighted by Crippen LogP contribution is 2.43. The Balaban J connectivity index is 1.45. The summed E-state index contributed by atoms with van der Waals surface area (Å²) in [5, 5.41) is 1.15. The van der Waals surface area contributed by atoms with Gasteiger partial charge in [-0.25, -0.2) is 4.90 Å². The van der Waals surface area contributed by atoms with E-state index in [2.05, 4.69) is 0 Å². The number of para-hydroxylation sites is 2. The van der Waals surface area contributed by atoms with Crippen molar-refractivity contribution in [2.75, 3.05) is 4.90 Å². The highest BCUT2D eigenvalue weighted by atomic mass is 19.4. The quantitative estimate of drug-likeness (QED) is 0.150. The summed E-state index contributed by atoms with van der Waals surface area (Å²) >= 11 is 0. The lowest BCUT2D eigenvalue weighted by molar-refractivity contribution is -0.142. The van der Waals surface area contributed by atoms with Gasteiger partial charge in [-0.05, 0) is 65.7 Å². The molecular weight excluding hydrogens is 582 g/mol. The molecule has 1 aliphatic rings. The second kappa shape index (κ2) is 9.57. The number of carbonyl (C=O) groups excluding carboxylic acids is 2. The molecule has 6 aromatic rings. The van der Waals surface area contributed by atoms with Gasteiger partial charge in [-0.3, -0.25) is 9.59 Å². The molecule has 0 saturated heterocycles. The summed E-state index contributed by atoms with van der Waals surface area (Å²) in [6.07, 6.45) is -9.98. The maximum atomic E-state index is 14.0. The number of rotatable bonds is 3. The van der Waals surface area contributed by atoms with E-state index in [1.165, 1.54) is 12.1 Å². The first-order valence-corrected chi connectivity index (χ1v) is 13.3. The molecule has 0 atom stereocenters. The summed E-state index contributed by atoms with van der Waals surface area (Å²) in [7, 11) is 0. The van der Waals surface area contributed by atoms with E-state index in [9.17, 15) is 35.9 Å². The summed E-state index contributed by atoms with van der Waals surface area (Å²) in [4.78, 5) is 28.3. The maximum Gasteiger partial charge on any atom is 0.417 e. The van der Waals surface area contributed by atoms with Crippen LogP contribution in [0, 0.1) is 0 Å². The van der Waals surface area contributed by atoms with Gasteiger partial charge in [0.25, 0.3) is 11.8 Å². The molecule has 0 radical (unpaired) electrons. The van der Waals surface area contributed by atoms with Gasteiger partial charge in [0, 0.05) is 10.8 Å². The minimum Gasteiger partial charge on any atom is -0.308 e. The lowest BCUT2D eigenvalue weighted by Crippen LogP contribution is -2.29. The molecule has 4 nitrogen and oxygen atoms in total. The lowest BCUT2D eigenvalue weighted by Gasteiger charge is -2.16. The smallest absolute Gasteiger partial charge is 0.308 e. The van der Waals surface area contributed by atoms with E-state index < -0.39 is 40.9 Å². The first kappa shape index (κ1) is 27.5. The van der Waals surface area contributed by atoms with Gasteiger partial charge in [0.15, 0.2) is 0 Å². The number of anilines is 1. The van der Waals surface area contributed by atoms with Crippen molar-refractivity contribution in [2.24, 2.45) is 0 Å². The third-order valence-corrected chi connectivity index (χ3v) is 7.78. The Labute approximate surface area is 245 Å². The molecule has 0 spiro atoms. The van der Waals surface area contributed by atoms with Crippen LogP contribution in [-0.4, -0.2) is 16.4 Å². The van der Waals surface area contributed by atoms with Crippen LogP contribution >= 0.6 is 0 Å². The molecule has 10 heteroatoms. The predicted octanol–water partition coefficient (Wildman–Crippen LogP) is 9.29. The molecule has 0 unspecified atom stereocenters. The Kier molecular flexibility index (Phi) is 5.97. The Morgan fingerprint density at radius 2 is 1.25 bits per heavy atom. The van der Waals surface area contributed by atoms with E-state index in [4.69, 9.17) is 0 Å². The second-order valence-corrected chi connectivity index (χ2v) is 10.3. The van der Waals surface area contributed by atoms with Gasteiger partial charge in [0.1, 0.15) is 0 Å². The second-order valence-electron chi connectivity index (χ2n) is 10.3. The number of aromatic nitrogens is 1. The molecule has 2 heterocycles. The Hall–Kier alpha value is -5.38. The minimum atomic E-state index is -5.04. The Morgan fingerprint density at radius 1 is 0.545 bits per heavy atom. The number of carbonyl (C=O) groups is 2. The third-order valence-electron chi connectivity index (χ3n) is 7.78. The fraction of sp³-hybridized carbons (Fsp3) is 0.0588. The third kappa shape index (κ3) is 4.16. The van der Waals surface area contributed by atoms with Crippen molar-refractivity contribution >= 4 is 39.3 Å². The fourth-order valence-corrected chi connectivity index (χ4v) is 5.87. The lowest BCUT2D eigenvalue weighted by atomic mass is 9.95. The molecule has 0 fully saturated rings.